The molecule has 1 unspecified atom stereocenters. The fourth-order valence-electron chi connectivity index (χ4n) is 1.68. The number of benzene rings is 1. The minimum Gasteiger partial charge on any atom is -0.507 e. The Morgan fingerprint density at radius 3 is 2.32 bits per heavy atom. The quantitative estimate of drug-likeness (QED) is 0.556. The second-order valence-corrected chi connectivity index (χ2v) is 6.44. The summed E-state index contributed by atoms with van der Waals surface area (Å²) in [6, 6.07) is 4.00. The molecule has 0 aliphatic carbocycles. The Morgan fingerprint density at radius 2 is 1.86 bits per heavy atom. The normalized spacial score (nSPS) is 14.5. The van der Waals surface area contributed by atoms with Gasteiger partial charge in [-0.05, 0) is 53.6 Å². The van der Waals surface area contributed by atoms with Crippen molar-refractivity contribution in [3.05, 3.63) is 27.3 Å². The summed E-state index contributed by atoms with van der Waals surface area (Å²) in [6.45, 7) is 3.49. The van der Waals surface area contributed by atoms with Crippen molar-refractivity contribution in [2.24, 2.45) is 5.92 Å². The Morgan fingerprint density at radius 1 is 1.32 bits per heavy atom. The van der Waals surface area contributed by atoms with Gasteiger partial charge in [-0.1, -0.05) is 13.8 Å². The summed E-state index contributed by atoms with van der Waals surface area (Å²) < 4.78 is 33.3. The lowest BCUT2D eigenvalue weighted by Crippen LogP contribution is -2.57. The third-order valence-corrected chi connectivity index (χ3v) is 4.15. The number of aliphatic carboxylic acids is 1. The minimum atomic E-state index is -4.28. The van der Waals surface area contributed by atoms with Gasteiger partial charge in [-0.15, -0.1) is 0 Å². The van der Waals surface area contributed by atoms with Crippen LogP contribution in [-0.4, -0.2) is 33.7 Å². The van der Waals surface area contributed by atoms with Crippen molar-refractivity contribution in [1.29, 1.82) is 0 Å². The molecule has 1 atom stereocenters. The van der Waals surface area contributed by atoms with E-state index < -0.39 is 35.1 Å². The van der Waals surface area contributed by atoms with E-state index in [1.54, 1.807) is 0 Å². The first-order chi connectivity index (χ1) is 9.93. The van der Waals surface area contributed by atoms with Gasteiger partial charge in [0, 0.05) is 3.57 Å². The number of hydrogen-bond donors (Lipinski definition) is 2. The molecule has 1 aromatic rings. The maximum absolute atomic E-state index is 14.0. The second kappa shape index (κ2) is 6.35. The molecule has 0 fully saturated rings. The van der Waals surface area contributed by atoms with Gasteiger partial charge in [0.2, 0.25) is 0 Å². The van der Waals surface area contributed by atoms with Crippen molar-refractivity contribution in [2.75, 3.05) is 0 Å². The summed E-state index contributed by atoms with van der Waals surface area (Å²) in [5, 5.41) is 18.4. The Labute approximate surface area is 139 Å². The number of phenolic OH excluding ortho intramolecular Hbond substituents is 1. The van der Waals surface area contributed by atoms with Gasteiger partial charge in [-0.3, -0.25) is 0 Å². The monoisotopic (exact) mass is 428 g/mol. The summed E-state index contributed by atoms with van der Waals surface area (Å²) in [7, 11) is 0. The number of esters is 1. The maximum atomic E-state index is 14.0. The standard InChI is InChI=1S/C14H15F2IO5/c1-7(2)13(3,14(15,16)12(20)21)22-11(19)9-6-8(17)4-5-10(9)18/h4-7,18H,1-3H3,(H,20,21). The third-order valence-electron chi connectivity index (χ3n) is 3.48. The van der Waals surface area contributed by atoms with E-state index >= 15 is 0 Å². The molecule has 8 heteroatoms. The van der Waals surface area contributed by atoms with E-state index in [1.165, 1.54) is 32.0 Å². The van der Waals surface area contributed by atoms with Gasteiger partial charge in [-0.25, -0.2) is 9.59 Å². The number of rotatable bonds is 5. The highest BCUT2D eigenvalue weighted by Crippen LogP contribution is 2.39. The molecule has 0 spiro atoms. The topological polar surface area (TPSA) is 83.8 Å². The minimum absolute atomic E-state index is 0.306. The van der Waals surface area contributed by atoms with Gasteiger partial charge in [0.1, 0.15) is 11.3 Å². The van der Waals surface area contributed by atoms with E-state index in [9.17, 15) is 23.5 Å². The summed E-state index contributed by atoms with van der Waals surface area (Å²) in [5.74, 6) is -9.30. The van der Waals surface area contributed by atoms with Crippen LogP contribution in [0.15, 0.2) is 18.2 Å². The van der Waals surface area contributed by atoms with Gasteiger partial charge in [0.15, 0.2) is 5.60 Å². The van der Waals surface area contributed by atoms with Gasteiger partial charge >= 0.3 is 17.9 Å². The molecule has 0 bridgehead atoms. The molecule has 1 aromatic carbocycles. The number of halogens is 3. The molecule has 0 saturated heterocycles. The molecule has 22 heavy (non-hydrogen) atoms. The number of phenols is 1. The number of carboxylic acids is 1. The molecule has 0 radical (unpaired) electrons. The maximum Gasteiger partial charge on any atom is 0.381 e. The lowest BCUT2D eigenvalue weighted by Gasteiger charge is -2.37. The highest BCUT2D eigenvalue weighted by Gasteiger charge is 2.61. The Bertz CT molecular complexity index is 603. The van der Waals surface area contributed by atoms with E-state index in [-0.39, 0.29) is 5.56 Å². The van der Waals surface area contributed by atoms with Crippen LogP contribution in [0.4, 0.5) is 8.78 Å². The summed E-state index contributed by atoms with van der Waals surface area (Å²) >= 11 is 1.87. The average Bonchev–Trinajstić information content (AvgIpc) is 2.40. The highest BCUT2D eigenvalue weighted by atomic mass is 127. The van der Waals surface area contributed by atoms with Gasteiger partial charge in [0.25, 0.3) is 0 Å². The van der Waals surface area contributed by atoms with E-state index in [4.69, 9.17) is 9.84 Å². The van der Waals surface area contributed by atoms with Gasteiger partial charge in [0.05, 0.1) is 0 Å². The van der Waals surface area contributed by atoms with Crippen LogP contribution in [0.5, 0.6) is 5.75 Å². The number of hydrogen-bond acceptors (Lipinski definition) is 4. The molecule has 2 N–H and O–H groups in total. The zero-order valence-corrected chi connectivity index (χ0v) is 14.2. The Hall–Kier alpha value is -1.45. The molecule has 122 valence electrons. The highest BCUT2D eigenvalue weighted by molar-refractivity contribution is 14.1. The van der Waals surface area contributed by atoms with Crippen LogP contribution in [-0.2, 0) is 9.53 Å². The Balaban J connectivity index is 3.24. The zero-order valence-electron chi connectivity index (χ0n) is 12.1. The first kappa shape index (κ1) is 18.6. The number of carboxylic acid groups (broad SMARTS) is 1. The SMILES string of the molecule is CC(C)C(C)(OC(=O)c1cc(I)ccc1O)C(F)(F)C(=O)O. The largest absolute Gasteiger partial charge is 0.507 e. The summed E-state index contributed by atoms with van der Waals surface area (Å²) in [6.07, 6.45) is 0. The number of ether oxygens (including phenoxy) is 1. The smallest absolute Gasteiger partial charge is 0.381 e. The van der Waals surface area contributed by atoms with Crippen molar-refractivity contribution in [3.63, 3.8) is 0 Å². The van der Waals surface area contributed by atoms with E-state index in [0.29, 0.717) is 3.57 Å². The van der Waals surface area contributed by atoms with Crippen molar-refractivity contribution < 1.29 is 33.3 Å². The molecular formula is C14H15F2IO5. The molecule has 0 heterocycles. The summed E-state index contributed by atoms with van der Waals surface area (Å²) in [4.78, 5) is 22.9. The number of alkyl halides is 2. The van der Waals surface area contributed by atoms with Crippen LogP contribution in [0.25, 0.3) is 0 Å². The summed E-state index contributed by atoms with van der Waals surface area (Å²) in [5.41, 5.74) is -2.87. The van der Waals surface area contributed by atoms with Crippen molar-refractivity contribution >= 4 is 34.5 Å². The first-order valence-corrected chi connectivity index (χ1v) is 7.34. The van der Waals surface area contributed by atoms with E-state index in [0.717, 1.165) is 6.92 Å². The van der Waals surface area contributed by atoms with Crippen LogP contribution in [0.2, 0.25) is 0 Å². The predicted octanol–water partition coefficient (Wildman–Crippen LogP) is 3.29. The molecule has 0 aliphatic heterocycles. The molecule has 0 aromatic heterocycles. The van der Waals surface area contributed by atoms with Crippen LogP contribution >= 0.6 is 22.6 Å². The van der Waals surface area contributed by atoms with Gasteiger partial charge in [-0.2, -0.15) is 8.78 Å². The van der Waals surface area contributed by atoms with E-state index in [2.05, 4.69) is 0 Å². The molecule has 0 aliphatic rings. The fraction of sp³-hybridized carbons (Fsp3) is 0.429. The lowest BCUT2D eigenvalue weighted by molar-refractivity contribution is -0.214. The molecule has 1 rings (SSSR count). The number of aromatic hydroxyl groups is 1. The second-order valence-electron chi connectivity index (χ2n) is 5.19. The Kier molecular flexibility index (Phi) is 5.37. The van der Waals surface area contributed by atoms with Crippen LogP contribution in [0, 0.1) is 9.49 Å². The molecular weight excluding hydrogens is 413 g/mol. The van der Waals surface area contributed by atoms with Crippen molar-refractivity contribution in [2.45, 2.75) is 32.3 Å². The molecule has 0 amide bonds. The number of carbonyl (C=O) groups is 2. The van der Waals surface area contributed by atoms with Crippen molar-refractivity contribution in [3.8, 4) is 5.75 Å². The van der Waals surface area contributed by atoms with Crippen LogP contribution in [0.3, 0.4) is 0 Å². The third kappa shape index (κ3) is 3.31. The number of carbonyl (C=O) groups excluding carboxylic acids is 1. The molecule has 0 saturated carbocycles. The molecule has 5 nitrogen and oxygen atoms in total. The average molecular weight is 428 g/mol. The van der Waals surface area contributed by atoms with Gasteiger partial charge < -0.3 is 14.9 Å². The van der Waals surface area contributed by atoms with Crippen molar-refractivity contribution in [1.82, 2.24) is 0 Å². The lowest BCUT2D eigenvalue weighted by atomic mass is 9.85. The predicted molar refractivity (Wildman–Crippen MR) is 82.1 cm³/mol. The fourth-order valence-corrected chi connectivity index (χ4v) is 2.17. The van der Waals surface area contributed by atoms with Crippen LogP contribution < -0.4 is 0 Å². The van der Waals surface area contributed by atoms with E-state index in [1.807, 2.05) is 22.6 Å². The zero-order chi connectivity index (χ0) is 17.3. The van der Waals surface area contributed by atoms with Crippen LogP contribution in [0.1, 0.15) is 31.1 Å². The first-order valence-electron chi connectivity index (χ1n) is 6.26.